The fraction of sp³-hybridized carbons (Fsp3) is 0.455. The summed E-state index contributed by atoms with van der Waals surface area (Å²) in [6.07, 6.45) is 1.18. The molecule has 2 rings (SSSR count). The van der Waals surface area contributed by atoms with Crippen molar-refractivity contribution in [2.24, 2.45) is 0 Å². The maximum Gasteiger partial charge on any atom is 0.0638 e. The molecule has 1 heterocycles. The number of likely N-dealkylation sites (N-methyl/N-ethyl adjacent to an activating group) is 1. The fourth-order valence-electron chi connectivity index (χ4n) is 1.88. The van der Waals surface area contributed by atoms with Gasteiger partial charge in [0.1, 0.15) is 0 Å². The molecule has 1 atom stereocenters. The standard InChI is InChI=1S/C11H14BrClN2/c1-15-5-4-9(7-15)14-11-6-8(12)2-3-10(11)13/h2-3,6,9,14H,4-5,7H2,1H3. The highest BCUT2D eigenvalue weighted by Crippen LogP contribution is 2.27. The highest BCUT2D eigenvalue weighted by Gasteiger charge is 2.19. The normalized spacial score (nSPS) is 21.9. The molecule has 0 aliphatic carbocycles. The number of nitrogens with one attached hydrogen (secondary N) is 1. The predicted molar refractivity (Wildman–Crippen MR) is 68.7 cm³/mol. The third kappa shape index (κ3) is 2.86. The second-order valence-corrected chi connectivity index (χ2v) is 5.34. The summed E-state index contributed by atoms with van der Waals surface area (Å²) in [6, 6.07) is 6.41. The zero-order valence-electron chi connectivity index (χ0n) is 8.63. The third-order valence-electron chi connectivity index (χ3n) is 2.68. The molecule has 0 spiro atoms. The van der Waals surface area contributed by atoms with E-state index in [0.29, 0.717) is 6.04 Å². The van der Waals surface area contributed by atoms with E-state index in [9.17, 15) is 0 Å². The molecule has 1 unspecified atom stereocenters. The van der Waals surface area contributed by atoms with Gasteiger partial charge >= 0.3 is 0 Å². The van der Waals surface area contributed by atoms with Gasteiger partial charge in [0.25, 0.3) is 0 Å². The molecule has 0 amide bonds. The molecule has 1 aromatic carbocycles. The van der Waals surface area contributed by atoms with Gasteiger partial charge in [0.05, 0.1) is 10.7 Å². The molecule has 15 heavy (non-hydrogen) atoms. The van der Waals surface area contributed by atoms with E-state index in [1.165, 1.54) is 6.42 Å². The molecule has 0 radical (unpaired) electrons. The number of benzene rings is 1. The molecule has 82 valence electrons. The van der Waals surface area contributed by atoms with Gasteiger partial charge in [-0.1, -0.05) is 27.5 Å². The van der Waals surface area contributed by atoms with E-state index < -0.39 is 0 Å². The number of likely N-dealkylation sites (tertiary alicyclic amines) is 1. The Labute approximate surface area is 104 Å². The van der Waals surface area contributed by atoms with Gasteiger partial charge in [-0.25, -0.2) is 0 Å². The summed E-state index contributed by atoms with van der Waals surface area (Å²) < 4.78 is 1.06. The fourth-order valence-corrected chi connectivity index (χ4v) is 2.41. The first-order chi connectivity index (χ1) is 7.15. The predicted octanol–water partition coefficient (Wildman–Crippen LogP) is 3.22. The van der Waals surface area contributed by atoms with Crippen LogP contribution in [0.1, 0.15) is 6.42 Å². The summed E-state index contributed by atoms with van der Waals surface area (Å²) in [6.45, 7) is 2.24. The number of hydrogen-bond donors (Lipinski definition) is 1. The summed E-state index contributed by atoms with van der Waals surface area (Å²) in [5, 5.41) is 4.26. The SMILES string of the molecule is CN1CCC(Nc2cc(Br)ccc2Cl)C1. The highest BCUT2D eigenvalue weighted by molar-refractivity contribution is 9.10. The van der Waals surface area contributed by atoms with Crippen molar-refractivity contribution in [3.05, 3.63) is 27.7 Å². The Balaban J connectivity index is 2.07. The highest BCUT2D eigenvalue weighted by atomic mass is 79.9. The van der Waals surface area contributed by atoms with Crippen molar-refractivity contribution in [3.8, 4) is 0 Å². The van der Waals surface area contributed by atoms with Crippen LogP contribution in [0.4, 0.5) is 5.69 Å². The van der Waals surface area contributed by atoms with E-state index >= 15 is 0 Å². The van der Waals surface area contributed by atoms with Crippen LogP contribution >= 0.6 is 27.5 Å². The molecule has 0 bridgehead atoms. The van der Waals surface area contributed by atoms with E-state index in [1.807, 2.05) is 18.2 Å². The minimum Gasteiger partial charge on any atom is -0.380 e. The van der Waals surface area contributed by atoms with Gasteiger partial charge in [-0.2, -0.15) is 0 Å². The van der Waals surface area contributed by atoms with Gasteiger partial charge in [-0.15, -0.1) is 0 Å². The summed E-state index contributed by atoms with van der Waals surface area (Å²) in [5.41, 5.74) is 1.02. The number of rotatable bonds is 2. The van der Waals surface area contributed by atoms with Gasteiger partial charge in [0.15, 0.2) is 0 Å². The van der Waals surface area contributed by atoms with Crippen molar-refractivity contribution >= 4 is 33.2 Å². The Morgan fingerprint density at radius 1 is 1.53 bits per heavy atom. The Bertz CT molecular complexity index is 356. The van der Waals surface area contributed by atoms with Crippen molar-refractivity contribution in [1.82, 2.24) is 4.90 Å². The molecule has 0 saturated carbocycles. The lowest BCUT2D eigenvalue weighted by molar-refractivity contribution is 0.414. The maximum absolute atomic E-state index is 6.11. The van der Waals surface area contributed by atoms with Gasteiger partial charge in [0.2, 0.25) is 0 Å². The van der Waals surface area contributed by atoms with E-state index in [0.717, 1.165) is 28.3 Å². The van der Waals surface area contributed by atoms with Gasteiger partial charge < -0.3 is 10.2 Å². The largest absolute Gasteiger partial charge is 0.380 e. The first kappa shape index (κ1) is 11.2. The van der Waals surface area contributed by atoms with E-state index in [-0.39, 0.29) is 0 Å². The second-order valence-electron chi connectivity index (χ2n) is 4.02. The van der Waals surface area contributed by atoms with Crippen LogP contribution in [0.15, 0.2) is 22.7 Å². The quantitative estimate of drug-likeness (QED) is 0.899. The van der Waals surface area contributed by atoms with Crippen LogP contribution in [0, 0.1) is 0 Å². The minimum absolute atomic E-state index is 0.516. The lowest BCUT2D eigenvalue weighted by Gasteiger charge is -2.15. The second kappa shape index (κ2) is 4.73. The summed E-state index contributed by atoms with van der Waals surface area (Å²) in [7, 11) is 2.14. The molecule has 1 aliphatic heterocycles. The molecule has 2 nitrogen and oxygen atoms in total. The number of hydrogen-bond acceptors (Lipinski definition) is 2. The van der Waals surface area contributed by atoms with Gasteiger partial charge in [-0.3, -0.25) is 0 Å². The molecule has 4 heteroatoms. The molecule has 1 saturated heterocycles. The molecular formula is C11H14BrClN2. The molecular weight excluding hydrogens is 275 g/mol. The lowest BCUT2D eigenvalue weighted by atomic mass is 10.2. The Kier molecular flexibility index (Phi) is 3.54. The lowest BCUT2D eigenvalue weighted by Crippen LogP contribution is -2.23. The summed E-state index contributed by atoms with van der Waals surface area (Å²) >= 11 is 9.56. The van der Waals surface area contributed by atoms with Crippen molar-refractivity contribution < 1.29 is 0 Å². The van der Waals surface area contributed by atoms with Crippen molar-refractivity contribution in [2.75, 3.05) is 25.5 Å². The average molecular weight is 290 g/mol. The van der Waals surface area contributed by atoms with Crippen LogP contribution in [-0.4, -0.2) is 31.1 Å². The Hall–Kier alpha value is -0.250. The van der Waals surface area contributed by atoms with Gasteiger partial charge in [0, 0.05) is 17.1 Å². The smallest absolute Gasteiger partial charge is 0.0638 e. The zero-order valence-corrected chi connectivity index (χ0v) is 11.0. The monoisotopic (exact) mass is 288 g/mol. The summed E-state index contributed by atoms with van der Waals surface area (Å²) in [5.74, 6) is 0. The molecule has 1 fully saturated rings. The summed E-state index contributed by atoms with van der Waals surface area (Å²) in [4.78, 5) is 2.32. The van der Waals surface area contributed by atoms with Crippen LogP contribution in [0.25, 0.3) is 0 Å². The van der Waals surface area contributed by atoms with Crippen LogP contribution < -0.4 is 5.32 Å². The molecule has 1 aliphatic rings. The van der Waals surface area contributed by atoms with Crippen LogP contribution in [0.2, 0.25) is 5.02 Å². The van der Waals surface area contributed by atoms with Crippen LogP contribution in [-0.2, 0) is 0 Å². The zero-order chi connectivity index (χ0) is 10.8. The number of halogens is 2. The van der Waals surface area contributed by atoms with Crippen LogP contribution in [0.3, 0.4) is 0 Å². The van der Waals surface area contributed by atoms with Crippen molar-refractivity contribution in [1.29, 1.82) is 0 Å². The molecule has 1 aromatic rings. The van der Waals surface area contributed by atoms with Gasteiger partial charge in [-0.05, 0) is 38.2 Å². The Morgan fingerprint density at radius 3 is 3.00 bits per heavy atom. The van der Waals surface area contributed by atoms with E-state index in [1.54, 1.807) is 0 Å². The van der Waals surface area contributed by atoms with E-state index in [4.69, 9.17) is 11.6 Å². The topological polar surface area (TPSA) is 15.3 Å². The van der Waals surface area contributed by atoms with E-state index in [2.05, 4.69) is 33.2 Å². The minimum atomic E-state index is 0.516. The first-order valence-electron chi connectivity index (χ1n) is 5.05. The number of anilines is 1. The van der Waals surface area contributed by atoms with Crippen molar-refractivity contribution in [2.45, 2.75) is 12.5 Å². The molecule has 0 aromatic heterocycles. The number of nitrogens with zero attached hydrogens (tertiary/aromatic N) is 1. The van der Waals surface area contributed by atoms with Crippen molar-refractivity contribution in [3.63, 3.8) is 0 Å². The molecule has 1 N–H and O–H groups in total. The first-order valence-corrected chi connectivity index (χ1v) is 6.22. The Morgan fingerprint density at radius 2 is 2.33 bits per heavy atom. The maximum atomic E-state index is 6.11. The third-order valence-corrected chi connectivity index (χ3v) is 3.50. The van der Waals surface area contributed by atoms with Crippen LogP contribution in [0.5, 0.6) is 0 Å². The average Bonchev–Trinajstić information content (AvgIpc) is 2.58.